The molecule has 3 rings (SSSR count). The predicted molar refractivity (Wildman–Crippen MR) is 108 cm³/mol. The molecule has 0 unspecified atom stereocenters. The smallest absolute Gasteiger partial charge is 0.250 e. The third-order valence-electron chi connectivity index (χ3n) is 3.39. The molecular weight excluding hydrogens is 420 g/mol. The zero-order valence-corrected chi connectivity index (χ0v) is 16.2. The first-order valence-corrected chi connectivity index (χ1v) is 9.51. The minimum atomic E-state index is -0.232. The zero-order chi connectivity index (χ0) is 17.6. The summed E-state index contributed by atoms with van der Waals surface area (Å²) in [6.45, 7) is 0. The Labute approximate surface area is 163 Å². The number of aromatic nitrogens is 1. The van der Waals surface area contributed by atoms with Gasteiger partial charge >= 0.3 is 0 Å². The van der Waals surface area contributed by atoms with Crippen LogP contribution in [0.4, 0.5) is 5.13 Å². The number of anilines is 1. The number of thiazole rings is 1. The molecule has 0 aliphatic rings. The maximum absolute atomic E-state index is 12.0. The van der Waals surface area contributed by atoms with E-state index in [-0.39, 0.29) is 5.91 Å². The minimum Gasteiger partial charge on any atom is -0.298 e. The van der Waals surface area contributed by atoms with Crippen molar-refractivity contribution in [1.29, 1.82) is 0 Å². The first-order chi connectivity index (χ1) is 12.1. The molecule has 0 radical (unpaired) electrons. The van der Waals surface area contributed by atoms with Gasteiger partial charge in [0.2, 0.25) is 5.91 Å². The molecule has 1 amide bonds. The van der Waals surface area contributed by atoms with Crippen molar-refractivity contribution in [3.63, 3.8) is 0 Å². The fraction of sp³-hybridized carbons (Fsp3) is 0.0526. The Kier molecular flexibility index (Phi) is 6.02. The minimum absolute atomic E-state index is 0.232. The summed E-state index contributed by atoms with van der Waals surface area (Å²) in [5, 5.41) is 3.97. The van der Waals surface area contributed by atoms with Crippen LogP contribution in [0.15, 0.2) is 65.3 Å². The highest BCUT2D eigenvalue weighted by Gasteiger charge is 2.06. The van der Waals surface area contributed by atoms with Crippen LogP contribution in [-0.2, 0) is 11.2 Å². The second-order valence-corrected chi connectivity index (χ2v) is 7.72. The third kappa shape index (κ3) is 5.26. The molecule has 0 spiro atoms. The quantitative estimate of drug-likeness (QED) is 0.517. The number of carbonyl (C=O) groups excluding carboxylic acids is 1. The van der Waals surface area contributed by atoms with E-state index in [2.05, 4.69) is 38.4 Å². The number of hydrogen-bond donors (Lipinski definition) is 1. The lowest BCUT2D eigenvalue weighted by Gasteiger charge is -1.99. The van der Waals surface area contributed by atoms with Crippen LogP contribution < -0.4 is 5.32 Å². The first-order valence-electron chi connectivity index (χ1n) is 7.53. The Balaban J connectivity index is 1.60. The number of halogens is 2. The second-order valence-electron chi connectivity index (χ2n) is 5.28. The fourth-order valence-corrected chi connectivity index (χ4v) is 3.49. The van der Waals surface area contributed by atoms with Crippen LogP contribution in [-0.4, -0.2) is 10.9 Å². The SMILES string of the molecule is O=C(C=Cc1ccccc1Cl)Nc1ncc(Cc2ccc(Br)cc2)s1. The maximum Gasteiger partial charge on any atom is 0.250 e. The van der Waals surface area contributed by atoms with Crippen molar-refractivity contribution < 1.29 is 4.79 Å². The number of amides is 1. The van der Waals surface area contributed by atoms with E-state index in [1.54, 1.807) is 18.3 Å². The number of nitrogens with zero attached hydrogens (tertiary/aromatic N) is 1. The van der Waals surface area contributed by atoms with Gasteiger partial charge in [-0.2, -0.15) is 0 Å². The van der Waals surface area contributed by atoms with E-state index in [0.717, 1.165) is 21.3 Å². The molecule has 0 aliphatic heterocycles. The Hall–Kier alpha value is -1.95. The standard InChI is InChI=1S/C19H14BrClN2OS/c20-15-8-5-13(6-9-15)11-16-12-22-19(25-16)23-18(24)10-7-14-3-1-2-4-17(14)21/h1-10,12H,11H2,(H,22,23,24). The van der Waals surface area contributed by atoms with Gasteiger partial charge in [-0.1, -0.05) is 57.9 Å². The fourth-order valence-electron chi connectivity index (χ4n) is 2.17. The van der Waals surface area contributed by atoms with Gasteiger partial charge in [0.05, 0.1) is 0 Å². The molecule has 25 heavy (non-hydrogen) atoms. The maximum atomic E-state index is 12.0. The lowest BCUT2D eigenvalue weighted by Crippen LogP contribution is -2.07. The van der Waals surface area contributed by atoms with Crippen molar-refractivity contribution in [1.82, 2.24) is 4.98 Å². The molecule has 0 fully saturated rings. The Morgan fingerprint density at radius 1 is 1.20 bits per heavy atom. The summed E-state index contributed by atoms with van der Waals surface area (Å²) in [5.41, 5.74) is 2.00. The number of rotatable bonds is 5. The average Bonchev–Trinajstić information content (AvgIpc) is 3.03. The van der Waals surface area contributed by atoms with Crippen LogP contribution in [0.25, 0.3) is 6.08 Å². The van der Waals surface area contributed by atoms with Gasteiger partial charge in [-0.3, -0.25) is 10.1 Å². The first kappa shape index (κ1) is 17.9. The molecular formula is C19H14BrClN2OS. The molecule has 2 aromatic carbocycles. The van der Waals surface area contributed by atoms with Crippen molar-refractivity contribution in [2.45, 2.75) is 6.42 Å². The van der Waals surface area contributed by atoms with Crippen LogP contribution in [0.1, 0.15) is 16.0 Å². The molecule has 3 nitrogen and oxygen atoms in total. The number of hydrogen-bond acceptors (Lipinski definition) is 3. The largest absolute Gasteiger partial charge is 0.298 e. The monoisotopic (exact) mass is 432 g/mol. The van der Waals surface area contributed by atoms with E-state index in [4.69, 9.17) is 11.6 Å². The molecule has 1 heterocycles. The van der Waals surface area contributed by atoms with E-state index in [1.165, 1.54) is 23.0 Å². The number of benzene rings is 2. The van der Waals surface area contributed by atoms with Crippen molar-refractivity contribution in [2.75, 3.05) is 5.32 Å². The topological polar surface area (TPSA) is 42.0 Å². The van der Waals surface area contributed by atoms with E-state index in [1.807, 2.05) is 30.3 Å². The molecule has 0 aliphatic carbocycles. The molecule has 126 valence electrons. The van der Waals surface area contributed by atoms with E-state index >= 15 is 0 Å². The van der Waals surface area contributed by atoms with Gasteiger partial charge < -0.3 is 0 Å². The van der Waals surface area contributed by atoms with Gasteiger partial charge in [0.25, 0.3) is 0 Å². The number of nitrogens with one attached hydrogen (secondary N) is 1. The Morgan fingerprint density at radius 2 is 1.96 bits per heavy atom. The van der Waals surface area contributed by atoms with Crippen LogP contribution in [0.5, 0.6) is 0 Å². The van der Waals surface area contributed by atoms with Crippen LogP contribution in [0.3, 0.4) is 0 Å². The summed E-state index contributed by atoms with van der Waals surface area (Å²) in [6.07, 6.45) is 5.72. The number of carbonyl (C=O) groups is 1. The summed E-state index contributed by atoms with van der Waals surface area (Å²) in [4.78, 5) is 17.4. The lowest BCUT2D eigenvalue weighted by molar-refractivity contribution is -0.111. The molecule has 1 N–H and O–H groups in total. The lowest BCUT2D eigenvalue weighted by atomic mass is 10.1. The molecule has 0 atom stereocenters. The molecule has 0 bridgehead atoms. The van der Waals surface area contributed by atoms with E-state index in [0.29, 0.717) is 10.2 Å². The molecule has 1 aromatic heterocycles. The van der Waals surface area contributed by atoms with Gasteiger partial charge in [-0.15, -0.1) is 11.3 Å². The molecule has 0 saturated heterocycles. The molecule has 6 heteroatoms. The predicted octanol–water partition coefficient (Wildman–Crippen LogP) is 5.80. The second kappa shape index (κ2) is 8.43. The van der Waals surface area contributed by atoms with Crippen molar-refractivity contribution >= 4 is 56.0 Å². The Morgan fingerprint density at radius 3 is 2.72 bits per heavy atom. The van der Waals surface area contributed by atoms with E-state index < -0.39 is 0 Å². The van der Waals surface area contributed by atoms with Crippen LogP contribution in [0.2, 0.25) is 5.02 Å². The third-order valence-corrected chi connectivity index (χ3v) is 5.18. The summed E-state index contributed by atoms with van der Waals surface area (Å²) in [6, 6.07) is 15.5. The summed E-state index contributed by atoms with van der Waals surface area (Å²) < 4.78 is 1.05. The van der Waals surface area contributed by atoms with Crippen molar-refractivity contribution in [3.8, 4) is 0 Å². The van der Waals surface area contributed by atoms with Gasteiger partial charge in [0, 0.05) is 33.1 Å². The van der Waals surface area contributed by atoms with Gasteiger partial charge in [-0.05, 0) is 35.4 Å². The highest BCUT2D eigenvalue weighted by molar-refractivity contribution is 9.10. The van der Waals surface area contributed by atoms with Crippen LogP contribution in [0, 0.1) is 0 Å². The Bertz CT molecular complexity index is 906. The molecule has 3 aromatic rings. The summed E-state index contributed by atoms with van der Waals surface area (Å²) in [7, 11) is 0. The van der Waals surface area contributed by atoms with Crippen LogP contribution >= 0.6 is 38.9 Å². The van der Waals surface area contributed by atoms with Crippen molar-refractivity contribution in [2.24, 2.45) is 0 Å². The summed E-state index contributed by atoms with van der Waals surface area (Å²) in [5.74, 6) is -0.232. The molecule has 0 saturated carbocycles. The summed E-state index contributed by atoms with van der Waals surface area (Å²) >= 11 is 11.0. The van der Waals surface area contributed by atoms with Crippen molar-refractivity contribution in [3.05, 3.63) is 86.3 Å². The normalized spacial score (nSPS) is 11.0. The van der Waals surface area contributed by atoms with E-state index in [9.17, 15) is 4.79 Å². The highest BCUT2D eigenvalue weighted by atomic mass is 79.9. The zero-order valence-electron chi connectivity index (χ0n) is 13.1. The average molecular weight is 434 g/mol. The van der Waals surface area contributed by atoms with Gasteiger partial charge in [-0.25, -0.2) is 4.98 Å². The van der Waals surface area contributed by atoms with Gasteiger partial charge in [0.15, 0.2) is 5.13 Å². The van der Waals surface area contributed by atoms with Gasteiger partial charge in [0.1, 0.15) is 0 Å². The highest BCUT2D eigenvalue weighted by Crippen LogP contribution is 2.22.